The highest BCUT2D eigenvalue weighted by Crippen LogP contribution is 2.14. The van der Waals surface area contributed by atoms with Crippen LogP contribution in [-0.2, 0) is 6.54 Å². The molecule has 0 bridgehead atoms. The van der Waals surface area contributed by atoms with E-state index in [1.54, 1.807) is 19.1 Å². The molecule has 0 amide bonds. The van der Waals surface area contributed by atoms with Crippen molar-refractivity contribution in [3.05, 3.63) is 41.7 Å². The molecule has 3 N–H and O–H groups in total. The van der Waals surface area contributed by atoms with Gasteiger partial charge in [-0.3, -0.25) is 0 Å². The molecule has 0 fully saturated rings. The summed E-state index contributed by atoms with van der Waals surface area (Å²) in [6.07, 6.45) is 0. The number of aromatic nitrogens is 7. The number of nitrogens with zero attached hydrogens (tertiary/aromatic N) is 7. The molecule has 2 aromatic heterocycles. The summed E-state index contributed by atoms with van der Waals surface area (Å²) in [5.41, 5.74) is 6.32. The summed E-state index contributed by atoms with van der Waals surface area (Å²) in [4.78, 5) is 12.3. The van der Waals surface area contributed by atoms with Gasteiger partial charge in [0, 0.05) is 5.69 Å². The minimum absolute atomic E-state index is 0.0698. The van der Waals surface area contributed by atoms with Gasteiger partial charge >= 0.3 is 0 Å². The van der Waals surface area contributed by atoms with Crippen LogP contribution in [0.5, 0.6) is 0 Å². The summed E-state index contributed by atoms with van der Waals surface area (Å²) in [6, 6.07) is 5.80. The van der Waals surface area contributed by atoms with Crippen molar-refractivity contribution in [3.63, 3.8) is 0 Å². The zero-order valence-corrected chi connectivity index (χ0v) is 11.6. The minimum atomic E-state index is -0.324. The van der Waals surface area contributed by atoms with Crippen LogP contribution in [0.1, 0.15) is 11.6 Å². The molecule has 3 rings (SSSR count). The first-order valence-electron chi connectivity index (χ1n) is 6.36. The third-order valence-corrected chi connectivity index (χ3v) is 2.80. The molecular weight excluding hydrogens is 289 g/mol. The average molecular weight is 301 g/mol. The Labute approximate surface area is 124 Å². The van der Waals surface area contributed by atoms with Crippen LogP contribution in [0.25, 0.3) is 0 Å². The second-order valence-electron chi connectivity index (χ2n) is 4.45. The molecule has 0 spiro atoms. The fourth-order valence-corrected chi connectivity index (χ4v) is 1.76. The Hall–Kier alpha value is -3.17. The highest BCUT2D eigenvalue weighted by Gasteiger charge is 2.08. The highest BCUT2D eigenvalue weighted by molar-refractivity contribution is 5.53. The Balaban J connectivity index is 1.83. The molecule has 0 radical (unpaired) electrons. The fourth-order valence-electron chi connectivity index (χ4n) is 1.76. The molecule has 9 nitrogen and oxygen atoms in total. The van der Waals surface area contributed by atoms with Crippen LogP contribution in [0.15, 0.2) is 24.3 Å². The average Bonchev–Trinajstić information content (AvgIpc) is 2.86. The van der Waals surface area contributed by atoms with Gasteiger partial charge in [-0.25, -0.2) is 9.07 Å². The molecule has 22 heavy (non-hydrogen) atoms. The van der Waals surface area contributed by atoms with Crippen molar-refractivity contribution in [2.75, 3.05) is 11.1 Å². The van der Waals surface area contributed by atoms with E-state index in [1.807, 2.05) is 0 Å². The summed E-state index contributed by atoms with van der Waals surface area (Å²) in [5.74, 6) is 1.05. The van der Waals surface area contributed by atoms with Crippen molar-refractivity contribution < 1.29 is 4.39 Å². The molecule has 0 saturated heterocycles. The van der Waals surface area contributed by atoms with Crippen molar-refractivity contribution >= 4 is 17.6 Å². The lowest BCUT2D eigenvalue weighted by Crippen LogP contribution is -2.12. The number of hydrogen-bond donors (Lipinski definition) is 2. The van der Waals surface area contributed by atoms with Crippen molar-refractivity contribution in [1.82, 2.24) is 35.2 Å². The fraction of sp³-hybridized carbons (Fsp3) is 0.167. The largest absolute Gasteiger partial charge is 0.368 e. The molecule has 112 valence electrons. The van der Waals surface area contributed by atoms with Gasteiger partial charge in [0.1, 0.15) is 18.2 Å². The van der Waals surface area contributed by atoms with Crippen LogP contribution >= 0.6 is 0 Å². The molecule has 2 heterocycles. The lowest BCUT2D eigenvalue weighted by atomic mass is 10.3. The summed E-state index contributed by atoms with van der Waals surface area (Å²) in [5, 5.41) is 14.1. The summed E-state index contributed by atoms with van der Waals surface area (Å²) >= 11 is 0. The molecular formula is C12H12FN9. The predicted octanol–water partition coefficient (Wildman–Crippen LogP) is 0.680. The molecule has 10 heteroatoms. The van der Waals surface area contributed by atoms with Gasteiger partial charge < -0.3 is 11.1 Å². The van der Waals surface area contributed by atoms with Crippen LogP contribution in [0.3, 0.4) is 0 Å². The maximum Gasteiger partial charge on any atom is 0.232 e. The van der Waals surface area contributed by atoms with E-state index in [1.165, 1.54) is 16.8 Å². The van der Waals surface area contributed by atoms with Crippen LogP contribution < -0.4 is 11.1 Å². The second kappa shape index (κ2) is 5.68. The lowest BCUT2D eigenvalue weighted by Gasteiger charge is -2.07. The Morgan fingerprint density at radius 2 is 1.95 bits per heavy atom. The van der Waals surface area contributed by atoms with E-state index < -0.39 is 0 Å². The van der Waals surface area contributed by atoms with E-state index in [2.05, 4.69) is 35.8 Å². The van der Waals surface area contributed by atoms with Gasteiger partial charge in [0.2, 0.25) is 11.9 Å². The molecule has 0 aliphatic rings. The second-order valence-corrected chi connectivity index (χ2v) is 4.45. The number of benzene rings is 1. The molecule has 0 aliphatic heterocycles. The van der Waals surface area contributed by atoms with Gasteiger partial charge in [0.25, 0.3) is 0 Å². The number of rotatable bonds is 4. The van der Waals surface area contributed by atoms with E-state index in [0.717, 1.165) is 0 Å². The van der Waals surface area contributed by atoms with Gasteiger partial charge in [-0.1, -0.05) is 0 Å². The zero-order chi connectivity index (χ0) is 15.5. The van der Waals surface area contributed by atoms with Crippen LogP contribution in [-0.4, -0.2) is 35.2 Å². The molecule has 0 unspecified atom stereocenters. The third kappa shape index (κ3) is 3.11. The van der Waals surface area contributed by atoms with E-state index in [4.69, 9.17) is 5.73 Å². The highest BCUT2D eigenvalue weighted by atomic mass is 19.1. The normalized spacial score (nSPS) is 10.6. The minimum Gasteiger partial charge on any atom is -0.368 e. The van der Waals surface area contributed by atoms with Crippen molar-refractivity contribution in [1.29, 1.82) is 0 Å². The number of anilines is 3. The summed E-state index contributed by atoms with van der Waals surface area (Å²) < 4.78 is 14.4. The van der Waals surface area contributed by atoms with E-state index in [0.29, 0.717) is 17.3 Å². The van der Waals surface area contributed by atoms with Crippen LogP contribution in [0.2, 0.25) is 0 Å². The van der Waals surface area contributed by atoms with E-state index in [-0.39, 0.29) is 24.3 Å². The third-order valence-electron chi connectivity index (χ3n) is 2.80. The Morgan fingerprint density at radius 1 is 1.18 bits per heavy atom. The number of hydrogen-bond acceptors (Lipinski definition) is 8. The molecule has 1 aromatic carbocycles. The Kier molecular flexibility index (Phi) is 3.56. The van der Waals surface area contributed by atoms with Crippen molar-refractivity contribution in [3.8, 4) is 0 Å². The number of tetrazole rings is 1. The van der Waals surface area contributed by atoms with Gasteiger partial charge in [-0.15, -0.1) is 5.10 Å². The van der Waals surface area contributed by atoms with Gasteiger partial charge in [0.05, 0.1) is 0 Å². The molecule has 3 aromatic rings. The Morgan fingerprint density at radius 3 is 2.64 bits per heavy atom. The van der Waals surface area contributed by atoms with Crippen molar-refractivity contribution in [2.45, 2.75) is 13.5 Å². The van der Waals surface area contributed by atoms with E-state index >= 15 is 0 Å². The first-order valence-corrected chi connectivity index (χ1v) is 6.36. The van der Waals surface area contributed by atoms with Crippen LogP contribution in [0, 0.1) is 12.7 Å². The first kappa shape index (κ1) is 13.8. The monoisotopic (exact) mass is 301 g/mol. The number of aryl methyl sites for hydroxylation is 1. The topological polar surface area (TPSA) is 120 Å². The number of nitrogens with one attached hydrogen (secondary N) is 1. The van der Waals surface area contributed by atoms with Gasteiger partial charge in [0.15, 0.2) is 5.82 Å². The van der Waals surface area contributed by atoms with Crippen LogP contribution in [0.4, 0.5) is 22.0 Å². The first-order chi connectivity index (χ1) is 10.6. The molecule has 0 atom stereocenters. The number of halogens is 1. The van der Waals surface area contributed by atoms with Crippen molar-refractivity contribution in [2.24, 2.45) is 0 Å². The maximum atomic E-state index is 12.9. The SMILES string of the molecule is Cc1nnnn1Cc1nc(N)nc(Nc2ccc(F)cc2)n1. The number of nitrogen functional groups attached to an aromatic ring is 1. The predicted molar refractivity (Wildman–Crippen MR) is 75.6 cm³/mol. The smallest absolute Gasteiger partial charge is 0.232 e. The maximum absolute atomic E-state index is 12.9. The quantitative estimate of drug-likeness (QED) is 0.721. The summed E-state index contributed by atoms with van der Waals surface area (Å²) in [6.45, 7) is 2.03. The molecule has 0 aliphatic carbocycles. The van der Waals surface area contributed by atoms with Gasteiger partial charge in [-0.2, -0.15) is 15.0 Å². The standard InChI is InChI=1S/C12H12FN9/c1-7-19-20-21-22(7)6-10-16-11(14)18-12(17-10)15-9-4-2-8(13)3-5-9/h2-5H,6H2,1H3,(H3,14,15,16,17,18). The Bertz CT molecular complexity index is 784. The zero-order valence-electron chi connectivity index (χ0n) is 11.6. The summed E-state index contributed by atoms with van der Waals surface area (Å²) in [7, 11) is 0. The lowest BCUT2D eigenvalue weighted by molar-refractivity contribution is 0.609. The molecule has 0 saturated carbocycles. The van der Waals surface area contributed by atoms with Gasteiger partial charge in [-0.05, 0) is 41.6 Å². The van der Waals surface area contributed by atoms with E-state index in [9.17, 15) is 4.39 Å². The number of nitrogens with two attached hydrogens (primary N) is 1.